The molecule has 2 aliphatic rings. The first kappa shape index (κ1) is 12.1. The molecule has 0 saturated heterocycles. The average molecular weight is 267 g/mol. The SMILES string of the molecule is CCOC(c1nc(C2CC2)c(C(=O)O)s1)C1CC1. The zero-order chi connectivity index (χ0) is 12.7. The van der Waals surface area contributed by atoms with Crippen LogP contribution in [0, 0.1) is 5.92 Å². The molecule has 0 bridgehead atoms. The maximum Gasteiger partial charge on any atom is 0.347 e. The van der Waals surface area contributed by atoms with Gasteiger partial charge in [0.2, 0.25) is 0 Å². The Morgan fingerprint density at radius 2 is 2.22 bits per heavy atom. The van der Waals surface area contributed by atoms with Crippen molar-refractivity contribution in [2.24, 2.45) is 5.92 Å². The van der Waals surface area contributed by atoms with Crippen LogP contribution in [0.25, 0.3) is 0 Å². The molecule has 98 valence electrons. The lowest BCUT2D eigenvalue weighted by atomic mass is 10.2. The van der Waals surface area contributed by atoms with Gasteiger partial charge < -0.3 is 9.84 Å². The van der Waals surface area contributed by atoms with E-state index in [1.165, 1.54) is 24.2 Å². The predicted octanol–water partition coefficient (Wildman–Crippen LogP) is 3.21. The second-order valence-electron chi connectivity index (χ2n) is 5.06. The molecule has 0 spiro atoms. The number of aromatic carboxylic acids is 1. The fraction of sp³-hybridized carbons (Fsp3) is 0.692. The van der Waals surface area contributed by atoms with Gasteiger partial charge in [-0.15, -0.1) is 11.3 Å². The van der Waals surface area contributed by atoms with E-state index in [2.05, 4.69) is 4.98 Å². The highest BCUT2D eigenvalue weighted by molar-refractivity contribution is 7.13. The lowest BCUT2D eigenvalue weighted by molar-refractivity contribution is 0.0461. The average Bonchev–Trinajstić information content (AvgIpc) is 3.23. The first-order valence-corrected chi connectivity index (χ1v) is 7.37. The van der Waals surface area contributed by atoms with E-state index in [1.807, 2.05) is 6.92 Å². The summed E-state index contributed by atoms with van der Waals surface area (Å²) in [5.41, 5.74) is 0.799. The molecule has 3 rings (SSSR count). The highest BCUT2D eigenvalue weighted by Crippen LogP contribution is 2.48. The molecule has 5 heteroatoms. The Morgan fingerprint density at radius 1 is 1.50 bits per heavy atom. The lowest BCUT2D eigenvalue weighted by Gasteiger charge is -2.12. The van der Waals surface area contributed by atoms with Crippen molar-refractivity contribution < 1.29 is 14.6 Å². The minimum atomic E-state index is -0.841. The van der Waals surface area contributed by atoms with E-state index in [0.717, 1.165) is 23.5 Å². The number of carboxylic acids is 1. The molecule has 0 aliphatic heterocycles. The summed E-state index contributed by atoms with van der Waals surface area (Å²) in [7, 11) is 0. The minimum absolute atomic E-state index is 0.0191. The third-order valence-electron chi connectivity index (χ3n) is 3.47. The number of aromatic nitrogens is 1. The van der Waals surface area contributed by atoms with Crippen LogP contribution in [-0.4, -0.2) is 22.7 Å². The summed E-state index contributed by atoms with van der Waals surface area (Å²) in [5, 5.41) is 10.1. The second-order valence-corrected chi connectivity index (χ2v) is 6.09. The van der Waals surface area contributed by atoms with Gasteiger partial charge >= 0.3 is 5.97 Å². The molecule has 0 amide bonds. The van der Waals surface area contributed by atoms with Crippen molar-refractivity contribution in [3.05, 3.63) is 15.6 Å². The number of nitrogens with zero attached hydrogens (tertiary/aromatic N) is 1. The molecule has 1 aromatic rings. The third kappa shape index (κ3) is 2.29. The molecule has 2 aliphatic carbocycles. The number of thiazole rings is 1. The highest BCUT2D eigenvalue weighted by atomic mass is 32.1. The molecule has 18 heavy (non-hydrogen) atoms. The first-order valence-electron chi connectivity index (χ1n) is 6.56. The topological polar surface area (TPSA) is 59.4 Å². The Hall–Kier alpha value is -0.940. The van der Waals surface area contributed by atoms with Crippen LogP contribution in [-0.2, 0) is 4.74 Å². The molecule has 1 aromatic heterocycles. The van der Waals surface area contributed by atoms with Gasteiger partial charge in [0.05, 0.1) is 5.69 Å². The molecule has 0 radical (unpaired) electrons. The van der Waals surface area contributed by atoms with Gasteiger partial charge in [-0.1, -0.05) is 0 Å². The summed E-state index contributed by atoms with van der Waals surface area (Å²) in [6.07, 6.45) is 4.51. The van der Waals surface area contributed by atoms with Gasteiger partial charge in [0.15, 0.2) is 0 Å². The summed E-state index contributed by atoms with van der Waals surface area (Å²) in [6.45, 7) is 2.63. The van der Waals surface area contributed by atoms with Crippen molar-refractivity contribution in [1.29, 1.82) is 0 Å². The fourth-order valence-electron chi connectivity index (χ4n) is 2.25. The van der Waals surface area contributed by atoms with Crippen molar-refractivity contribution in [3.63, 3.8) is 0 Å². The van der Waals surface area contributed by atoms with E-state index in [1.54, 1.807) is 0 Å². The minimum Gasteiger partial charge on any atom is -0.477 e. The summed E-state index contributed by atoms with van der Waals surface area (Å²) >= 11 is 1.32. The normalized spacial score (nSPS) is 20.9. The van der Waals surface area contributed by atoms with Crippen molar-refractivity contribution >= 4 is 17.3 Å². The van der Waals surface area contributed by atoms with Gasteiger partial charge in [0, 0.05) is 12.5 Å². The third-order valence-corrected chi connectivity index (χ3v) is 4.59. The number of hydrogen-bond acceptors (Lipinski definition) is 4. The zero-order valence-corrected chi connectivity index (χ0v) is 11.2. The maximum absolute atomic E-state index is 11.3. The smallest absolute Gasteiger partial charge is 0.347 e. The molecule has 1 heterocycles. The van der Waals surface area contributed by atoms with Gasteiger partial charge in [-0.2, -0.15) is 0 Å². The van der Waals surface area contributed by atoms with E-state index in [-0.39, 0.29) is 6.10 Å². The monoisotopic (exact) mass is 267 g/mol. The van der Waals surface area contributed by atoms with Crippen LogP contribution in [0.5, 0.6) is 0 Å². The van der Waals surface area contributed by atoms with Crippen LogP contribution in [0.4, 0.5) is 0 Å². The van der Waals surface area contributed by atoms with Crippen molar-refractivity contribution in [2.45, 2.75) is 44.6 Å². The summed E-state index contributed by atoms with van der Waals surface area (Å²) in [4.78, 5) is 16.3. The van der Waals surface area contributed by atoms with Crippen molar-refractivity contribution in [1.82, 2.24) is 4.98 Å². The predicted molar refractivity (Wildman–Crippen MR) is 68.1 cm³/mol. The lowest BCUT2D eigenvalue weighted by Crippen LogP contribution is -2.06. The number of carboxylic acid groups (broad SMARTS) is 1. The largest absolute Gasteiger partial charge is 0.477 e. The Labute approximate surface area is 110 Å². The highest BCUT2D eigenvalue weighted by Gasteiger charge is 2.38. The molecule has 1 atom stereocenters. The quantitative estimate of drug-likeness (QED) is 0.859. The second kappa shape index (κ2) is 4.63. The summed E-state index contributed by atoms with van der Waals surface area (Å²) < 4.78 is 5.76. The number of hydrogen-bond donors (Lipinski definition) is 1. The maximum atomic E-state index is 11.3. The van der Waals surface area contributed by atoms with Gasteiger partial charge in [-0.05, 0) is 38.5 Å². The molecular weight excluding hydrogens is 250 g/mol. The molecular formula is C13H17NO3S. The van der Waals surface area contributed by atoms with Crippen LogP contribution in [0.15, 0.2) is 0 Å². The van der Waals surface area contributed by atoms with Crippen molar-refractivity contribution in [2.75, 3.05) is 6.61 Å². The van der Waals surface area contributed by atoms with Crippen LogP contribution < -0.4 is 0 Å². The molecule has 0 aromatic carbocycles. The molecule has 1 unspecified atom stereocenters. The van der Waals surface area contributed by atoms with Crippen LogP contribution in [0.2, 0.25) is 0 Å². The van der Waals surface area contributed by atoms with Gasteiger partial charge in [-0.3, -0.25) is 0 Å². The molecule has 4 nitrogen and oxygen atoms in total. The Balaban J connectivity index is 1.90. The van der Waals surface area contributed by atoms with Crippen LogP contribution in [0.3, 0.4) is 0 Å². The van der Waals surface area contributed by atoms with Crippen molar-refractivity contribution in [3.8, 4) is 0 Å². The Morgan fingerprint density at radius 3 is 2.72 bits per heavy atom. The molecule has 2 saturated carbocycles. The summed E-state index contributed by atoms with van der Waals surface area (Å²) in [6, 6.07) is 0. The molecule has 1 N–H and O–H groups in total. The van der Waals surface area contributed by atoms with Gasteiger partial charge in [0.1, 0.15) is 16.0 Å². The van der Waals surface area contributed by atoms with Crippen LogP contribution >= 0.6 is 11.3 Å². The Bertz CT molecular complexity index is 463. The van der Waals surface area contributed by atoms with E-state index in [4.69, 9.17) is 4.74 Å². The summed E-state index contributed by atoms with van der Waals surface area (Å²) in [5.74, 6) is 0.0825. The standard InChI is InChI=1S/C13H17NO3S/c1-2-17-10(8-5-6-8)12-14-9(7-3-4-7)11(18-12)13(15)16/h7-8,10H,2-6H2,1H3,(H,15,16). The van der Waals surface area contributed by atoms with Gasteiger partial charge in [-0.25, -0.2) is 9.78 Å². The van der Waals surface area contributed by atoms with E-state index in [0.29, 0.717) is 23.3 Å². The Kier molecular flexibility index (Phi) is 3.11. The van der Waals surface area contributed by atoms with E-state index >= 15 is 0 Å². The number of ether oxygens (including phenoxy) is 1. The zero-order valence-electron chi connectivity index (χ0n) is 10.4. The first-order chi connectivity index (χ1) is 8.70. The number of rotatable bonds is 6. The van der Waals surface area contributed by atoms with E-state index in [9.17, 15) is 9.90 Å². The van der Waals surface area contributed by atoms with Crippen LogP contribution in [0.1, 0.15) is 65.0 Å². The number of carbonyl (C=O) groups is 1. The fourth-order valence-corrected chi connectivity index (χ4v) is 3.38. The van der Waals surface area contributed by atoms with Gasteiger partial charge in [0.25, 0.3) is 0 Å². The van der Waals surface area contributed by atoms with E-state index < -0.39 is 5.97 Å². The molecule has 2 fully saturated rings.